The summed E-state index contributed by atoms with van der Waals surface area (Å²) in [7, 11) is 0. The average Bonchev–Trinajstić information content (AvgIpc) is 2.43. The van der Waals surface area contributed by atoms with Gasteiger partial charge in [0, 0.05) is 13.0 Å². The van der Waals surface area contributed by atoms with E-state index in [1.807, 2.05) is 0 Å². The second-order valence-corrected chi connectivity index (χ2v) is 4.53. The van der Waals surface area contributed by atoms with Crippen molar-refractivity contribution in [2.24, 2.45) is 0 Å². The Labute approximate surface area is 127 Å². The van der Waals surface area contributed by atoms with E-state index >= 15 is 0 Å². The Morgan fingerprint density at radius 2 is 2.14 bits per heavy atom. The molecule has 0 spiro atoms. The molecular formula is C14H17ClFNO4. The normalized spacial score (nSPS) is 10.0. The third kappa shape index (κ3) is 6.94. The van der Waals surface area contributed by atoms with E-state index in [9.17, 15) is 14.0 Å². The summed E-state index contributed by atoms with van der Waals surface area (Å²) in [6.45, 7) is 2.19. The van der Waals surface area contributed by atoms with E-state index < -0.39 is 5.82 Å². The van der Waals surface area contributed by atoms with Crippen molar-refractivity contribution in [2.45, 2.75) is 19.8 Å². The molecule has 0 fully saturated rings. The molecule has 0 radical (unpaired) electrons. The molecule has 0 saturated heterocycles. The van der Waals surface area contributed by atoms with Crippen molar-refractivity contribution in [1.29, 1.82) is 0 Å². The molecular weight excluding hydrogens is 301 g/mol. The maximum Gasteiger partial charge on any atom is 0.305 e. The number of rotatable bonds is 8. The number of ether oxygens (including phenoxy) is 2. The van der Waals surface area contributed by atoms with Gasteiger partial charge in [0.15, 0.2) is 6.61 Å². The number of benzene rings is 1. The second-order valence-electron chi connectivity index (χ2n) is 4.12. The molecule has 1 rings (SSSR count). The summed E-state index contributed by atoms with van der Waals surface area (Å²) >= 11 is 5.76. The van der Waals surface area contributed by atoms with Crippen molar-refractivity contribution in [2.75, 3.05) is 19.8 Å². The molecule has 116 valence electrons. The molecule has 0 aromatic heterocycles. The van der Waals surface area contributed by atoms with Crippen molar-refractivity contribution < 1.29 is 23.5 Å². The van der Waals surface area contributed by atoms with Gasteiger partial charge in [-0.05, 0) is 31.5 Å². The summed E-state index contributed by atoms with van der Waals surface area (Å²) in [5.41, 5.74) is 0. The molecule has 5 nitrogen and oxygen atoms in total. The van der Waals surface area contributed by atoms with E-state index in [4.69, 9.17) is 21.1 Å². The first kappa shape index (κ1) is 17.2. The lowest BCUT2D eigenvalue weighted by Gasteiger charge is -2.08. The molecule has 1 amide bonds. The molecule has 1 aromatic carbocycles. The summed E-state index contributed by atoms with van der Waals surface area (Å²) in [5.74, 6) is -0.879. The third-order valence-corrected chi connectivity index (χ3v) is 2.73. The number of esters is 1. The number of nitrogens with one attached hydrogen (secondary N) is 1. The van der Waals surface area contributed by atoms with Crippen LogP contribution in [0.3, 0.4) is 0 Å². The molecule has 7 heteroatoms. The molecule has 0 aliphatic heterocycles. The van der Waals surface area contributed by atoms with Gasteiger partial charge in [-0.25, -0.2) is 4.39 Å². The Hall–Kier alpha value is -1.82. The molecule has 0 saturated carbocycles. The average molecular weight is 318 g/mol. The Balaban J connectivity index is 2.21. The molecule has 0 aliphatic rings. The molecule has 1 aromatic rings. The van der Waals surface area contributed by atoms with Crippen molar-refractivity contribution in [3.63, 3.8) is 0 Å². The monoisotopic (exact) mass is 317 g/mol. The van der Waals surface area contributed by atoms with Crippen LogP contribution < -0.4 is 10.1 Å². The fraction of sp³-hybridized carbons (Fsp3) is 0.429. The third-order valence-electron chi connectivity index (χ3n) is 2.44. The Bertz CT molecular complexity index is 496. The van der Waals surface area contributed by atoms with Crippen molar-refractivity contribution in [3.05, 3.63) is 29.0 Å². The second kappa shape index (κ2) is 9.18. The molecule has 0 bridgehead atoms. The maximum atomic E-state index is 12.8. The van der Waals surface area contributed by atoms with Gasteiger partial charge in [-0.2, -0.15) is 0 Å². The highest BCUT2D eigenvalue weighted by Gasteiger charge is 2.07. The largest absolute Gasteiger partial charge is 0.482 e. The number of hydrogen-bond donors (Lipinski definition) is 1. The van der Waals surface area contributed by atoms with Crippen LogP contribution in [-0.4, -0.2) is 31.6 Å². The van der Waals surface area contributed by atoms with Gasteiger partial charge in [0.05, 0.1) is 11.6 Å². The maximum absolute atomic E-state index is 12.8. The zero-order chi connectivity index (χ0) is 15.7. The quantitative estimate of drug-likeness (QED) is 0.590. The van der Waals surface area contributed by atoms with E-state index in [0.717, 1.165) is 6.07 Å². The van der Waals surface area contributed by atoms with E-state index in [0.29, 0.717) is 19.6 Å². The van der Waals surface area contributed by atoms with Gasteiger partial charge >= 0.3 is 5.97 Å². The Kier molecular flexibility index (Phi) is 7.53. The lowest BCUT2D eigenvalue weighted by Crippen LogP contribution is -2.30. The van der Waals surface area contributed by atoms with Crippen LogP contribution in [0.5, 0.6) is 5.75 Å². The minimum Gasteiger partial charge on any atom is -0.482 e. The molecule has 0 heterocycles. The SMILES string of the molecule is CCOC(=O)CCCNC(=O)COc1ccc(F)cc1Cl. The van der Waals surface area contributed by atoms with Gasteiger partial charge in [0.25, 0.3) is 5.91 Å². The first-order chi connectivity index (χ1) is 10.0. The van der Waals surface area contributed by atoms with Crippen LogP contribution in [-0.2, 0) is 14.3 Å². The highest BCUT2D eigenvalue weighted by molar-refractivity contribution is 6.32. The number of carbonyl (C=O) groups excluding carboxylic acids is 2. The van der Waals surface area contributed by atoms with Crippen LogP contribution in [0.1, 0.15) is 19.8 Å². The highest BCUT2D eigenvalue weighted by atomic mass is 35.5. The fourth-order valence-electron chi connectivity index (χ4n) is 1.48. The number of carbonyl (C=O) groups is 2. The van der Waals surface area contributed by atoms with E-state index in [1.54, 1.807) is 6.92 Å². The Morgan fingerprint density at radius 1 is 1.38 bits per heavy atom. The van der Waals surface area contributed by atoms with Crippen LogP contribution in [0.15, 0.2) is 18.2 Å². The molecule has 1 N–H and O–H groups in total. The first-order valence-corrected chi connectivity index (χ1v) is 6.91. The summed E-state index contributed by atoms with van der Waals surface area (Å²) in [6, 6.07) is 3.65. The predicted octanol–water partition coefficient (Wildman–Crippen LogP) is 2.32. The minimum atomic E-state index is -0.476. The number of amides is 1. The number of halogens is 2. The van der Waals surface area contributed by atoms with Gasteiger partial charge in [-0.15, -0.1) is 0 Å². The predicted molar refractivity (Wildman–Crippen MR) is 75.8 cm³/mol. The minimum absolute atomic E-state index is 0.102. The van der Waals surface area contributed by atoms with Gasteiger partial charge in [-0.3, -0.25) is 9.59 Å². The molecule has 0 unspecified atom stereocenters. The smallest absolute Gasteiger partial charge is 0.305 e. The van der Waals surface area contributed by atoms with Gasteiger partial charge in [0.2, 0.25) is 0 Å². The van der Waals surface area contributed by atoms with Crippen LogP contribution in [0, 0.1) is 5.82 Å². The topological polar surface area (TPSA) is 64.6 Å². The summed E-state index contributed by atoms with van der Waals surface area (Å²) in [5, 5.41) is 2.69. The Morgan fingerprint density at radius 3 is 2.81 bits per heavy atom. The summed E-state index contributed by atoms with van der Waals surface area (Å²) in [4.78, 5) is 22.6. The van der Waals surface area contributed by atoms with Gasteiger partial charge in [0.1, 0.15) is 11.6 Å². The number of hydrogen-bond acceptors (Lipinski definition) is 4. The lowest BCUT2D eigenvalue weighted by atomic mass is 10.3. The van der Waals surface area contributed by atoms with Crippen molar-refractivity contribution >= 4 is 23.5 Å². The zero-order valence-electron chi connectivity index (χ0n) is 11.7. The zero-order valence-corrected chi connectivity index (χ0v) is 12.4. The van der Waals surface area contributed by atoms with Crippen LogP contribution in [0.2, 0.25) is 5.02 Å². The fourth-order valence-corrected chi connectivity index (χ4v) is 1.70. The summed E-state index contributed by atoms with van der Waals surface area (Å²) in [6.07, 6.45) is 0.737. The molecule has 0 atom stereocenters. The van der Waals surface area contributed by atoms with Crippen LogP contribution in [0.25, 0.3) is 0 Å². The highest BCUT2D eigenvalue weighted by Crippen LogP contribution is 2.24. The lowest BCUT2D eigenvalue weighted by molar-refractivity contribution is -0.143. The van der Waals surface area contributed by atoms with E-state index in [1.165, 1.54) is 12.1 Å². The van der Waals surface area contributed by atoms with Crippen molar-refractivity contribution in [3.8, 4) is 5.75 Å². The standard InChI is InChI=1S/C14H17ClFNO4/c1-2-20-14(19)4-3-7-17-13(18)9-21-12-6-5-10(16)8-11(12)15/h5-6,8H,2-4,7,9H2,1H3,(H,17,18). The van der Waals surface area contributed by atoms with Gasteiger partial charge in [-0.1, -0.05) is 11.6 Å². The molecule has 0 aliphatic carbocycles. The van der Waals surface area contributed by atoms with E-state index in [2.05, 4.69) is 5.32 Å². The van der Waals surface area contributed by atoms with Crippen LogP contribution in [0.4, 0.5) is 4.39 Å². The first-order valence-electron chi connectivity index (χ1n) is 6.53. The van der Waals surface area contributed by atoms with Crippen LogP contribution >= 0.6 is 11.6 Å². The summed E-state index contributed by atoms with van der Waals surface area (Å²) < 4.78 is 22.7. The van der Waals surface area contributed by atoms with Crippen molar-refractivity contribution in [1.82, 2.24) is 5.32 Å². The molecule has 21 heavy (non-hydrogen) atoms. The van der Waals surface area contributed by atoms with Gasteiger partial charge < -0.3 is 14.8 Å². The van der Waals surface area contributed by atoms with E-state index in [-0.39, 0.29) is 35.7 Å².